The molecule has 0 radical (unpaired) electrons. The predicted molar refractivity (Wildman–Crippen MR) is 65.9 cm³/mol. The Balaban J connectivity index is 2.97. The molecule has 2 N–H and O–H groups in total. The summed E-state index contributed by atoms with van der Waals surface area (Å²) in [5.74, 6) is -0.230. The summed E-state index contributed by atoms with van der Waals surface area (Å²) >= 11 is 0. The number of hydrogen-bond donors (Lipinski definition) is 2. The molecule has 2 unspecified atom stereocenters. The number of hydrogen-bond acceptors (Lipinski definition) is 4. The number of aliphatic carboxylic acids is 1. The first-order chi connectivity index (χ1) is 8.49. The van der Waals surface area contributed by atoms with E-state index in [1.165, 1.54) is 14.2 Å². The van der Waals surface area contributed by atoms with Crippen molar-refractivity contribution in [1.82, 2.24) is 0 Å². The molecule has 1 aromatic rings. The molecule has 0 saturated heterocycles. The molecule has 1 aromatic carbocycles. The van der Waals surface area contributed by atoms with Crippen molar-refractivity contribution in [3.05, 3.63) is 23.8 Å². The zero-order chi connectivity index (χ0) is 13.7. The van der Waals surface area contributed by atoms with E-state index in [1.807, 2.05) is 0 Å². The maximum atomic E-state index is 10.6. The summed E-state index contributed by atoms with van der Waals surface area (Å²) in [6, 6.07) is 5.04. The Morgan fingerprint density at radius 3 is 2.50 bits per heavy atom. The van der Waals surface area contributed by atoms with Gasteiger partial charge in [0.2, 0.25) is 0 Å². The number of ether oxygens (including phenoxy) is 2. The molecule has 0 spiro atoms. The fourth-order valence-corrected chi connectivity index (χ4v) is 1.76. The van der Waals surface area contributed by atoms with Crippen LogP contribution in [0.2, 0.25) is 0 Å². The van der Waals surface area contributed by atoms with E-state index in [-0.39, 0.29) is 6.42 Å². The Hall–Kier alpha value is -1.75. The topological polar surface area (TPSA) is 76.0 Å². The maximum Gasteiger partial charge on any atom is 0.303 e. The number of benzene rings is 1. The van der Waals surface area contributed by atoms with Crippen LogP contribution in [0.5, 0.6) is 11.5 Å². The van der Waals surface area contributed by atoms with Crippen LogP contribution in [-0.2, 0) is 4.79 Å². The van der Waals surface area contributed by atoms with E-state index < -0.39 is 18.0 Å². The molecule has 100 valence electrons. The Bertz CT molecular complexity index is 416. The normalized spacial score (nSPS) is 13.8. The second kappa shape index (κ2) is 6.26. The average molecular weight is 254 g/mol. The summed E-state index contributed by atoms with van der Waals surface area (Å²) < 4.78 is 10.2. The molecule has 0 aromatic heterocycles. The molecule has 0 aliphatic heterocycles. The van der Waals surface area contributed by atoms with Crippen LogP contribution in [0.1, 0.15) is 25.0 Å². The van der Waals surface area contributed by atoms with Crippen molar-refractivity contribution in [2.24, 2.45) is 5.92 Å². The van der Waals surface area contributed by atoms with E-state index in [1.54, 1.807) is 25.1 Å². The number of carboxylic acid groups (broad SMARTS) is 1. The second-order valence-electron chi connectivity index (χ2n) is 4.13. The SMILES string of the molecule is COc1ccc(C(O)C(C)CC(=O)O)c(OC)c1. The van der Waals surface area contributed by atoms with Gasteiger partial charge in [-0.15, -0.1) is 0 Å². The first-order valence-corrected chi connectivity index (χ1v) is 5.61. The molecular weight excluding hydrogens is 236 g/mol. The summed E-state index contributed by atoms with van der Waals surface area (Å²) in [5.41, 5.74) is 0.562. The number of carboxylic acids is 1. The van der Waals surface area contributed by atoms with Crippen LogP contribution >= 0.6 is 0 Å². The van der Waals surface area contributed by atoms with E-state index in [0.717, 1.165) is 0 Å². The summed E-state index contributed by atoms with van der Waals surface area (Å²) in [7, 11) is 3.03. The van der Waals surface area contributed by atoms with Crippen LogP contribution in [-0.4, -0.2) is 30.4 Å². The van der Waals surface area contributed by atoms with Crippen LogP contribution in [0.25, 0.3) is 0 Å². The highest BCUT2D eigenvalue weighted by atomic mass is 16.5. The van der Waals surface area contributed by atoms with Crippen LogP contribution < -0.4 is 9.47 Å². The highest BCUT2D eigenvalue weighted by Crippen LogP contribution is 2.34. The van der Waals surface area contributed by atoms with Gasteiger partial charge in [-0.25, -0.2) is 0 Å². The lowest BCUT2D eigenvalue weighted by atomic mass is 9.94. The Labute approximate surface area is 106 Å². The van der Waals surface area contributed by atoms with Crippen molar-refractivity contribution in [1.29, 1.82) is 0 Å². The minimum absolute atomic E-state index is 0.101. The van der Waals surface area contributed by atoms with Gasteiger partial charge in [-0.1, -0.05) is 6.92 Å². The van der Waals surface area contributed by atoms with Crippen LogP contribution in [0.3, 0.4) is 0 Å². The van der Waals surface area contributed by atoms with E-state index >= 15 is 0 Å². The van der Waals surface area contributed by atoms with Gasteiger partial charge in [0.25, 0.3) is 0 Å². The molecule has 0 aliphatic carbocycles. The molecule has 2 atom stereocenters. The largest absolute Gasteiger partial charge is 0.497 e. The fourth-order valence-electron chi connectivity index (χ4n) is 1.76. The van der Waals surface area contributed by atoms with Crippen molar-refractivity contribution in [2.45, 2.75) is 19.4 Å². The number of aliphatic hydroxyl groups is 1. The van der Waals surface area contributed by atoms with Gasteiger partial charge in [-0.2, -0.15) is 0 Å². The highest BCUT2D eigenvalue weighted by molar-refractivity contribution is 5.67. The quantitative estimate of drug-likeness (QED) is 0.810. The van der Waals surface area contributed by atoms with E-state index in [4.69, 9.17) is 14.6 Å². The van der Waals surface area contributed by atoms with Crippen molar-refractivity contribution in [3.63, 3.8) is 0 Å². The highest BCUT2D eigenvalue weighted by Gasteiger charge is 2.22. The summed E-state index contributed by atoms with van der Waals surface area (Å²) in [4.78, 5) is 10.6. The first kappa shape index (κ1) is 14.3. The third-order valence-corrected chi connectivity index (χ3v) is 2.79. The molecule has 5 nitrogen and oxygen atoms in total. The van der Waals surface area contributed by atoms with Gasteiger partial charge < -0.3 is 19.7 Å². The molecule has 0 heterocycles. The van der Waals surface area contributed by atoms with Crippen molar-refractivity contribution in [3.8, 4) is 11.5 Å². The van der Waals surface area contributed by atoms with Gasteiger partial charge in [0, 0.05) is 11.6 Å². The fraction of sp³-hybridized carbons (Fsp3) is 0.462. The standard InChI is InChI=1S/C13H18O5/c1-8(6-12(14)15)13(16)10-5-4-9(17-2)7-11(10)18-3/h4-5,7-8,13,16H,6H2,1-3H3,(H,14,15). The van der Waals surface area contributed by atoms with Gasteiger partial charge >= 0.3 is 5.97 Å². The molecule has 5 heteroatoms. The van der Waals surface area contributed by atoms with Gasteiger partial charge in [-0.3, -0.25) is 4.79 Å². The third-order valence-electron chi connectivity index (χ3n) is 2.79. The Kier molecular flexibility index (Phi) is 4.97. The Morgan fingerprint density at radius 2 is 2.00 bits per heavy atom. The number of rotatable bonds is 6. The van der Waals surface area contributed by atoms with E-state index in [9.17, 15) is 9.90 Å². The average Bonchev–Trinajstić information content (AvgIpc) is 2.36. The summed E-state index contributed by atoms with van der Waals surface area (Å²) in [5, 5.41) is 18.9. The molecule has 0 amide bonds. The monoisotopic (exact) mass is 254 g/mol. The number of aliphatic hydroxyl groups excluding tert-OH is 1. The zero-order valence-corrected chi connectivity index (χ0v) is 10.7. The van der Waals surface area contributed by atoms with Gasteiger partial charge in [0.1, 0.15) is 11.5 Å². The van der Waals surface area contributed by atoms with Crippen molar-refractivity contribution >= 4 is 5.97 Å². The molecule has 0 bridgehead atoms. The Morgan fingerprint density at radius 1 is 1.33 bits per heavy atom. The van der Waals surface area contributed by atoms with Crippen LogP contribution in [0.4, 0.5) is 0 Å². The lowest BCUT2D eigenvalue weighted by Gasteiger charge is -2.20. The second-order valence-corrected chi connectivity index (χ2v) is 4.13. The van der Waals surface area contributed by atoms with Gasteiger partial charge in [0.15, 0.2) is 0 Å². The first-order valence-electron chi connectivity index (χ1n) is 5.61. The lowest BCUT2D eigenvalue weighted by molar-refractivity contribution is -0.139. The van der Waals surface area contributed by atoms with Gasteiger partial charge in [0.05, 0.1) is 26.7 Å². The minimum Gasteiger partial charge on any atom is -0.497 e. The summed E-state index contributed by atoms with van der Waals surface area (Å²) in [6.07, 6.45) is -0.988. The van der Waals surface area contributed by atoms with Crippen molar-refractivity contribution < 1.29 is 24.5 Å². The lowest BCUT2D eigenvalue weighted by Crippen LogP contribution is -2.14. The smallest absolute Gasteiger partial charge is 0.303 e. The maximum absolute atomic E-state index is 10.6. The number of carbonyl (C=O) groups is 1. The van der Waals surface area contributed by atoms with Crippen molar-refractivity contribution in [2.75, 3.05) is 14.2 Å². The predicted octanol–water partition coefficient (Wildman–Crippen LogP) is 1.85. The molecule has 1 rings (SSSR count). The third kappa shape index (κ3) is 3.37. The zero-order valence-electron chi connectivity index (χ0n) is 10.7. The van der Waals surface area contributed by atoms with E-state index in [2.05, 4.69) is 0 Å². The summed E-state index contributed by atoms with van der Waals surface area (Å²) in [6.45, 7) is 1.68. The molecule has 0 aliphatic rings. The molecule has 18 heavy (non-hydrogen) atoms. The molecule has 0 fully saturated rings. The van der Waals surface area contributed by atoms with Crippen LogP contribution in [0, 0.1) is 5.92 Å². The van der Waals surface area contributed by atoms with Gasteiger partial charge in [-0.05, 0) is 18.1 Å². The molecular formula is C13H18O5. The van der Waals surface area contributed by atoms with Crippen LogP contribution in [0.15, 0.2) is 18.2 Å². The van der Waals surface area contributed by atoms with E-state index in [0.29, 0.717) is 17.1 Å². The minimum atomic E-state index is -0.936. The molecule has 0 saturated carbocycles. The number of methoxy groups -OCH3 is 2.